The van der Waals surface area contributed by atoms with Gasteiger partial charge in [0.2, 0.25) is 11.8 Å². The smallest absolute Gasteiger partial charge is 0.235 e. The third kappa shape index (κ3) is 3.84. The van der Waals surface area contributed by atoms with Gasteiger partial charge in [0.25, 0.3) is 0 Å². The lowest BCUT2D eigenvalue weighted by atomic mass is 9.94. The molecule has 1 heterocycles. The number of nitrogens with two attached hydrogens (primary N) is 1. The molecule has 1 aliphatic rings. The van der Waals surface area contributed by atoms with Crippen LogP contribution in [0, 0.1) is 0 Å². The van der Waals surface area contributed by atoms with Crippen molar-refractivity contribution in [1.29, 1.82) is 0 Å². The SMILES string of the molecule is CCCOc1cncc(OC2CCC(N)CC2)n1. The van der Waals surface area contributed by atoms with Crippen molar-refractivity contribution in [2.75, 3.05) is 6.61 Å². The molecule has 0 spiro atoms. The third-order valence-electron chi connectivity index (χ3n) is 3.05. The van der Waals surface area contributed by atoms with Crippen molar-refractivity contribution in [2.24, 2.45) is 5.73 Å². The summed E-state index contributed by atoms with van der Waals surface area (Å²) in [4.78, 5) is 8.37. The average Bonchev–Trinajstić information content (AvgIpc) is 2.40. The summed E-state index contributed by atoms with van der Waals surface area (Å²) in [6, 6.07) is 0.329. The van der Waals surface area contributed by atoms with Gasteiger partial charge in [-0.15, -0.1) is 0 Å². The van der Waals surface area contributed by atoms with Gasteiger partial charge in [-0.05, 0) is 32.1 Å². The van der Waals surface area contributed by atoms with E-state index in [9.17, 15) is 0 Å². The van der Waals surface area contributed by atoms with E-state index in [1.54, 1.807) is 12.4 Å². The van der Waals surface area contributed by atoms with Crippen LogP contribution in [0.15, 0.2) is 12.4 Å². The largest absolute Gasteiger partial charge is 0.477 e. The molecule has 0 bridgehead atoms. The summed E-state index contributed by atoms with van der Waals surface area (Å²) in [6.07, 6.45) is 8.42. The van der Waals surface area contributed by atoms with Crippen molar-refractivity contribution in [2.45, 2.75) is 51.2 Å². The molecule has 5 heteroatoms. The molecule has 0 unspecified atom stereocenters. The minimum Gasteiger partial charge on any atom is -0.477 e. The van der Waals surface area contributed by atoms with Gasteiger partial charge in [0.05, 0.1) is 19.0 Å². The molecule has 2 rings (SSSR count). The van der Waals surface area contributed by atoms with E-state index in [1.165, 1.54) is 0 Å². The fourth-order valence-electron chi connectivity index (χ4n) is 2.04. The highest BCUT2D eigenvalue weighted by molar-refractivity contribution is 5.13. The molecule has 0 atom stereocenters. The molecule has 2 N–H and O–H groups in total. The Labute approximate surface area is 108 Å². The Morgan fingerprint density at radius 1 is 1.22 bits per heavy atom. The molecular weight excluding hydrogens is 230 g/mol. The third-order valence-corrected chi connectivity index (χ3v) is 3.05. The molecule has 1 aromatic rings. The molecule has 100 valence electrons. The van der Waals surface area contributed by atoms with Crippen molar-refractivity contribution in [3.63, 3.8) is 0 Å². The predicted octanol–water partition coefficient (Wildman–Crippen LogP) is 1.91. The van der Waals surface area contributed by atoms with Crippen molar-refractivity contribution in [3.8, 4) is 11.8 Å². The van der Waals surface area contributed by atoms with Crippen LogP contribution < -0.4 is 15.2 Å². The van der Waals surface area contributed by atoms with E-state index in [0.717, 1.165) is 32.1 Å². The highest BCUT2D eigenvalue weighted by Gasteiger charge is 2.20. The van der Waals surface area contributed by atoms with Gasteiger partial charge >= 0.3 is 0 Å². The summed E-state index contributed by atoms with van der Waals surface area (Å²) < 4.78 is 11.2. The van der Waals surface area contributed by atoms with Gasteiger partial charge in [-0.2, -0.15) is 4.98 Å². The second-order valence-corrected chi connectivity index (χ2v) is 4.70. The predicted molar refractivity (Wildman–Crippen MR) is 68.7 cm³/mol. The topological polar surface area (TPSA) is 70.3 Å². The fourth-order valence-corrected chi connectivity index (χ4v) is 2.04. The van der Waals surface area contributed by atoms with Crippen LogP contribution in [0.25, 0.3) is 0 Å². The molecule has 0 amide bonds. The molecule has 0 radical (unpaired) electrons. The maximum Gasteiger partial charge on any atom is 0.235 e. The van der Waals surface area contributed by atoms with Crippen LogP contribution in [0.4, 0.5) is 0 Å². The van der Waals surface area contributed by atoms with E-state index in [4.69, 9.17) is 15.2 Å². The van der Waals surface area contributed by atoms with Gasteiger partial charge in [0, 0.05) is 6.04 Å². The van der Waals surface area contributed by atoms with Crippen molar-refractivity contribution in [1.82, 2.24) is 9.97 Å². The van der Waals surface area contributed by atoms with Crippen LogP contribution >= 0.6 is 0 Å². The lowest BCUT2D eigenvalue weighted by Crippen LogP contribution is -2.31. The Morgan fingerprint density at radius 2 is 1.94 bits per heavy atom. The first-order chi connectivity index (χ1) is 8.78. The molecule has 1 fully saturated rings. The van der Waals surface area contributed by atoms with E-state index in [0.29, 0.717) is 24.4 Å². The monoisotopic (exact) mass is 251 g/mol. The van der Waals surface area contributed by atoms with Gasteiger partial charge in [0.1, 0.15) is 6.10 Å². The van der Waals surface area contributed by atoms with E-state index in [2.05, 4.69) is 16.9 Å². The Hall–Kier alpha value is -1.36. The zero-order chi connectivity index (χ0) is 12.8. The van der Waals surface area contributed by atoms with Crippen LogP contribution in [0.2, 0.25) is 0 Å². The first kappa shape index (κ1) is 13.1. The van der Waals surface area contributed by atoms with E-state index in [1.807, 2.05) is 0 Å². The Bertz CT molecular complexity index is 365. The Balaban J connectivity index is 1.88. The first-order valence-corrected chi connectivity index (χ1v) is 6.65. The molecule has 18 heavy (non-hydrogen) atoms. The van der Waals surface area contributed by atoms with Crippen molar-refractivity contribution in [3.05, 3.63) is 12.4 Å². The summed E-state index contributed by atoms with van der Waals surface area (Å²) in [5.74, 6) is 1.07. The molecule has 1 aromatic heterocycles. The maximum atomic E-state index is 5.87. The average molecular weight is 251 g/mol. The van der Waals surface area contributed by atoms with Crippen molar-refractivity contribution >= 4 is 0 Å². The minimum absolute atomic E-state index is 0.209. The van der Waals surface area contributed by atoms with Crippen LogP contribution in [0.3, 0.4) is 0 Å². The van der Waals surface area contributed by atoms with Gasteiger partial charge in [0.15, 0.2) is 0 Å². The standard InChI is InChI=1S/C13H21N3O2/c1-2-7-17-12-8-15-9-13(16-12)18-11-5-3-10(14)4-6-11/h8-11H,2-7,14H2,1H3. The molecule has 1 aliphatic carbocycles. The zero-order valence-electron chi connectivity index (χ0n) is 10.8. The summed E-state index contributed by atoms with van der Waals surface area (Å²) in [5.41, 5.74) is 5.87. The fraction of sp³-hybridized carbons (Fsp3) is 0.692. The molecule has 0 aromatic carbocycles. The number of hydrogen-bond donors (Lipinski definition) is 1. The lowest BCUT2D eigenvalue weighted by Gasteiger charge is -2.26. The van der Waals surface area contributed by atoms with E-state index >= 15 is 0 Å². The number of nitrogens with zero attached hydrogens (tertiary/aromatic N) is 2. The molecule has 5 nitrogen and oxygen atoms in total. The van der Waals surface area contributed by atoms with Crippen LogP contribution in [0.1, 0.15) is 39.0 Å². The normalized spacial score (nSPS) is 23.7. The molecular formula is C13H21N3O2. The maximum absolute atomic E-state index is 5.87. The second-order valence-electron chi connectivity index (χ2n) is 4.70. The molecule has 0 saturated heterocycles. The molecule has 0 aliphatic heterocycles. The van der Waals surface area contributed by atoms with Crippen LogP contribution in [-0.4, -0.2) is 28.7 Å². The van der Waals surface area contributed by atoms with Gasteiger partial charge in [-0.1, -0.05) is 6.92 Å². The van der Waals surface area contributed by atoms with E-state index < -0.39 is 0 Å². The number of ether oxygens (including phenoxy) is 2. The highest BCUT2D eigenvalue weighted by atomic mass is 16.5. The lowest BCUT2D eigenvalue weighted by molar-refractivity contribution is 0.139. The van der Waals surface area contributed by atoms with Crippen LogP contribution in [0.5, 0.6) is 11.8 Å². The summed E-state index contributed by atoms with van der Waals surface area (Å²) >= 11 is 0. The van der Waals surface area contributed by atoms with Crippen molar-refractivity contribution < 1.29 is 9.47 Å². The summed E-state index contributed by atoms with van der Waals surface area (Å²) in [6.45, 7) is 2.70. The van der Waals surface area contributed by atoms with Crippen LogP contribution in [-0.2, 0) is 0 Å². The summed E-state index contributed by atoms with van der Waals surface area (Å²) in [7, 11) is 0. The van der Waals surface area contributed by atoms with Gasteiger partial charge in [-0.25, -0.2) is 0 Å². The first-order valence-electron chi connectivity index (χ1n) is 6.65. The highest BCUT2D eigenvalue weighted by Crippen LogP contribution is 2.22. The Morgan fingerprint density at radius 3 is 2.67 bits per heavy atom. The summed E-state index contributed by atoms with van der Waals surface area (Å²) in [5, 5.41) is 0. The molecule has 1 saturated carbocycles. The zero-order valence-corrected chi connectivity index (χ0v) is 10.8. The second kappa shape index (κ2) is 6.54. The van der Waals surface area contributed by atoms with Gasteiger partial charge in [-0.3, -0.25) is 4.98 Å². The quantitative estimate of drug-likeness (QED) is 0.865. The number of aromatic nitrogens is 2. The van der Waals surface area contributed by atoms with E-state index in [-0.39, 0.29) is 6.10 Å². The Kier molecular flexibility index (Phi) is 4.75. The van der Waals surface area contributed by atoms with Gasteiger partial charge < -0.3 is 15.2 Å². The number of rotatable bonds is 5. The number of hydrogen-bond acceptors (Lipinski definition) is 5. The minimum atomic E-state index is 0.209.